The van der Waals surface area contributed by atoms with Gasteiger partial charge in [0.1, 0.15) is 0 Å². The molecule has 1 aromatic carbocycles. The van der Waals surface area contributed by atoms with E-state index in [1.807, 2.05) is 0 Å². The molecule has 3 rings (SSSR count). The zero-order chi connectivity index (χ0) is 14.7. The molecule has 0 aliphatic rings. The Morgan fingerprint density at radius 2 is 1.76 bits per heavy atom. The van der Waals surface area contributed by atoms with Crippen LogP contribution in [0.1, 0.15) is 0 Å². The number of aromatic nitrogens is 3. The monoisotopic (exact) mass is 283 g/mol. The molecule has 0 spiro atoms. The summed E-state index contributed by atoms with van der Waals surface area (Å²) in [5.41, 5.74) is 1.35. The van der Waals surface area contributed by atoms with Crippen LogP contribution in [-0.2, 0) is 0 Å². The van der Waals surface area contributed by atoms with Crippen LogP contribution in [0.3, 0.4) is 0 Å². The molecule has 0 aliphatic heterocycles. The van der Waals surface area contributed by atoms with Crippen LogP contribution in [0.2, 0.25) is 0 Å². The summed E-state index contributed by atoms with van der Waals surface area (Å²) in [6.07, 6.45) is 5.83. The van der Waals surface area contributed by atoms with Crippen LogP contribution in [0.4, 0.5) is 4.39 Å². The van der Waals surface area contributed by atoms with Gasteiger partial charge in [-0.2, -0.15) is 4.73 Å². The first-order chi connectivity index (χ1) is 10.2. The second kappa shape index (κ2) is 5.54. The summed E-state index contributed by atoms with van der Waals surface area (Å²) in [6.45, 7) is 0. The fourth-order valence-corrected chi connectivity index (χ4v) is 1.77. The highest BCUT2D eigenvalue weighted by Gasteiger charge is 2.07. The van der Waals surface area contributed by atoms with Crippen molar-refractivity contribution in [3.63, 3.8) is 0 Å². The lowest BCUT2D eigenvalue weighted by Crippen LogP contribution is -2.23. The van der Waals surface area contributed by atoms with Crippen molar-refractivity contribution in [1.82, 2.24) is 9.97 Å². The zero-order valence-corrected chi connectivity index (χ0v) is 10.8. The third-order valence-corrected chi connectivity index (χ3v) is 2.77. The lowest BCUT2D eigenvalue weighted by atomic mass is 10.2. The van der Waals surface area contributed by atoms with E-state index >= 15 is 0 Å². The predicted octanol–water partition coefficient (Wildman–Crippen LogP) is 2.71. The SMILES string of the molecule is [O-][n+]1cccc(-c2cnc(Oc3ccccc3F)nc2)c1. The summed E-state index contributed by atoms with van der Waals surface area (Å²) in [5.74, 6) is -0.428. The number of nitrogens with zero attached hydrogens (tertiary/aromatic N) is 3. The van der Waals surface area contributed by atoms with Crippen molar-refractivity contribution in [2.75, 3.05) is 0 Å². The third-order valence-electron chi connectivity index (χ3n) is 2.77. The number of para-hydroxylation sites is 1. The fourth-order valence-electron chi connectivity index (χ4n) is 1.77. The maximum atomic E-state index is 13.4. The van der Waals surface area contributed by atoms with Crippen molar-refractivity contribution in [3.05, 3.63) is 72.2 Å². The molecule has 0 amide bonds. The van der Waals surface area contributed by atoms with Crippen LogP contribution in [0.5, 0.6) is 11.8 Å². The quantitative estimate of drug-likeness (QED) is 0.547. The smallest absolute Gasteiger partial charge is 0.321 e. The number of pyridine rings is 1. The lowest BCUT2D eigenvalue weighted by Gasteiger charge is -2.05. The van der Waals surface area contributed by atoms with Gasteiger partial charge in [0.25, 0.3) is 0 Å². The number of benzene rings is 1. The summed E-state index contributed by atoms with van der Waals surface area (Å²) in [6, 6.07) is 9.44. The first-order valence-electron chi connectivity index (χ1n) is 6.16. The lowest BCUT2D eigenvalue weighted by molar-refractivity contribution is -0.604. The number of halogens is 1. The molecule has 5 nitrogen and oxygen atoms in total. The van der Waals surface area contributed by atoms with Crippen molar-refractivity contribution >= 4 is 0 Å². The zero-order valence-electron chi connectivity index (χ0n) is 10.8. The molecule has 6 heteroatoms. The summed E-state index contributed by atoms with van der Waals surface area (Å²) >= 11 is 0. The van der Waals surface area contributed by atoms with E-state index in [1.54, 1.807) is 24.3 Å². The minimum Gasteiger partial charge on any atom is -0.619 e. The molecule has 0 radical (unpaired) electrons. The van der Waals surface area contributed by atoms with Crippen LogP contribution in [0.15, 0.2) is 61.2 Å². The minimum atomic E-state index is -0.486. The highest BCUT2D eigenvalue weighted by atomic mass is 19.1. The van der Waals surface area contributed by atoms with E-state index in [0.717, 1.165) is 0 Å². The van der Waals surface area contributed by atoms with Crippen LogP contribution in [0, 0.1) is 11.0 Å². The minimum absolute atomic E-state index is 0.0368. The molecule has 0 saturated carbocycles. The highest BCUT2D eigenvalue weighted by Crippen LogP contribution is 2.22. The van der Waals surface area contributed by atoms with Crippen LogP contribution in [-0.4, -0.2) is 9.97 Å². The molecule has 104 valence electrons. The Balaban J connectivity index is 1.83. The van der Waals surface area contributed by atoms with Gasteiger partial charge in [-0.15, -0.1) is 0 Å². The molecule has 2 aromatic heterocycles. The summed E-state index contributed by atoms with van der Waals surface area (Å²) < 4.78 is 19.4. The molecule has 0 unspecified atom stereocenters. The van der Waals surface area contributed by atoms with Gasteiger partial charge >= 0.3 is 6.01 Å². The van der Waals surface area contributed by atoms with Crippen LogP contribution < -0.4 is 9.47 Å². The molecule has 0 bridgehead atoms. The largest absolute Gasteiger partial charge is 0.619 e. The number of ether oxygens (including phenoxy) is 1. The molecular formula is C15H10FN3O2. The van der Waals surface area contributed by atoms with Crippen LogP contribution in [0.25, 0.3) is 11.1 Å². The summed E-state index contributed by atoms with van der Waals surface area (Å²) in [5, 5.41) is 11.2. The van der Waals surface area contributed by atoms with Gasteiger partial charge in [0.15, 0.2) is 24.0 Å². The topological polar surface area (TPSA) is 62.0 Å². The van der Waals surface area contributed by atoms with E-state index < -0.39 is 5.82 Å². The van der Waals surface area contributed by atoms with Crippen molar-refractivity contribution in [2.24, 2.45) is 0 Å². The Kier molecular flexibility index (Phi) is 3.42. The molecular weight excluding hydrogens is 273 g/mol. The first kappa shape index (κ1) is 13.0. The Morgan fingerprint density at radius 3 is 2.48 bits per heavy atom. The number of rotatable bonds is 3. The average Bonchev–Trinajstić information content (AvgIpc) is 2.50. The standard InChI is InChI=1S/C15H10FN3O2/c16-13-5-1-2-6-14(13)21-15-17-8-12(9-18-15)11-4-3-7-19(20)10-11/h1-10H. The Morgan fingerprint density at radius 1 is 1.00 bits per heavy atom. The third kappa shape index (κ3) is 2.94. The van der Waals surface area contributed by atoms with Gasteiger partial charge < -0.3 is 9.94 Å². The first-order valence-corrected chi connectivity index (χ1v) is 6.16. The molecule has 0 N–H and O–H groups in total. The van der Waals surface area contributed by atoms with Gasteiger partial charge in [-0.25, -0.2) is 14.4 Å². The maximum absolute atomic E-state index is 13.4. The normalized spacial score (nSPS) is 10.3. The number of hydrogen-bond acceptors (Lipinski definition) is 4. The van der Waals surface area contributed by atoms with E-state index in [1.165, 1.54) is 36.9 Å². The average molecular weight is 283 g/mol. The number of hydrogen-bond donors (Lipinski definition) is 0. The fraction of sp³-hybridized carbons (Fsp3) is 0. The maximum Gasteiger partial charge on any atom is 0.321 e. The molecule has 21 heavy (non-hydrogen) atoms. The summed E-state index contributed by atoms with van der Waals surface area (Å²) in [4.78, 5) is 8.02. The van der Waals surface area contributed by atoms with E-state index in [2.05, 4.69) is 9.97 Å². The van der Waals surface area contributed by atoms with E-state index in [4.69, 9.17) is 4.74 Å². The van der Waals surface area contributed by atoms with E-state index in [0.29, 0.717) is 15.9 Å². The van der Waals surface area contributed by atoms with Crippen molar-refractivity contribution in [1.29, 1.82) is 0 Å². The van der Waals surface area contributed by atoms with Gasteiger partial charge in [0.05, 0.1) is 5.56 Å². The summed E-state index contributed by atoms with van der Waals surface area (Å²) in [7, 11) is 0. The second-order valence-electron chi connectivity index (χ2n) is 4.24. The van der Waals surface area contributed by atoms with Gasteiger partial charge in [0.2, 0.25) is 0 Å². The molecule has 0 saturated heterocycles. The van der Waals surface area contributed by atoms with Crippen molar-refractivity contribution in [2.45, 2.75) is 0 Å². The highest BCUT2D eigenvalue weighted by molar-refractivity contribution is 5.59. The van der Waals surface area contributed by atoms with Gasteiger partial charge in [-0.05, 0) is 18.2 Å². The molecule has 3 aromatic rings. The predicted molar refractivity (Wildman–Crippen MR) is 72.9 cm³/mol. The van der Waals surface area contributed by atoms with Gasteiger partial charge in [0, 0.05) is 24.0 Å². The Hall–Kier alpha value is -3.02. The van der Waals surface area contributed by atoms with E-state index in [9.17, 15) is 9.60 Å². The molecule has 0 atom stereocenters. The van der Waals surface area contributed by atoms with Crippen molar-refractivity contribution < 1.29 is 13.9 Å². The van der Waals surface area contributed by atoms with Crippen molar-refractivity contribution in [3.8, 4) is 22.9 Å². The van der Waals surface area contributed by atoms with Gasteiger partial charge in [-0.3, -0.25) is 0 Å². The van der Waals surface area contributed by atoms with Crippen LogP contribution >= 0.6 is 0 Å². The Bertz CT molecular complexity index is 763. The van der Waals surface area contributed by atoms with Gasteiger partial charge in [-0.1, -0.05) is 12.1 Å². The Labute approximate surface area is 119 Å². The van der Waals surface area contributed by atoms with E-state index in [-0.39, 0.29) is 11.8 Å². The molecule has 2 heterocycles. The second-order valence-corrected chi connectivity index (χ2v) is 4.24. The molecule has 0 aliphatic carbocycles. The molecule has 0 fully saturated rings.